The number of carboxylic acids is 1. The second kappa shape index (κ2) is 6.72. The number of amides is 1. The van der Waals surface area contributed by atoms with Crippen LogP contribution in [0.15, 0.2) is 42.5 Å². The lowest BCUT2D eigenvalue weighted by Gasteiger charge is -2.37. The summed E-state index contributed by atoms with van der Waals surface area (Å²) < 4.78 is 14.4. The van der Waals surface area contributed by atoms with Crippen LogP contribution in [0, 0.1) is 5.82 Å². The van der Waals surface area contributed by atoms with Gasteiger partial charge in [-0.2, -0.15) is 0 Å². The fourth-order valence-corrected chi connectivity index (χ4v) is 3.64. The number of carbonyl (C=O) groups is 2. The van der Waals surface area contributed by atoms with Gasteiger partial charge < -0.3 is 10.0 Å². The summed E-state index contributed by atoms with van der Waals surface area (Å²) in [6.07, 6.45) is 0. The molecule has 0 saturated carbocycles. The second-order valence-electron chi connectivity index (χ2n) is 7.02. The quantitative estimate of drug-likeness (QED) is 0.883. The molecule has 0 radical (unpaired) electrons. The zero-order chi connectivity index (χ0) is 19.1. The van der Waals surface area contributed by atoms with Crippen molar-refractivity contribution in [3.05, 3.63) is 70.0 Å². The zero-order valence-electron chi connectivity index (χ0n) is 14.5. The summed E-state index contributed by atoms with van der Waals surface area (Å²) in [6.45, 7) is 3.64. The van der Waals surface area contributed by atoms with E-state index < -0.39 is 23.1 Å². The molecule has 2 aromatic carbocycles. The van der Waals surface area contributed by atoms with E-state index in [9.17, 15) is 19.1 Å². The molecule has 1 atom stereocenters. The summed E-state index contributed by atoms with van der Waals surface area (Å²) in [5, 5.41) is 9.82. The normalized spacial score (nSPS) is 16.9. The number of aliphatic carboxylic acids is 1. The Morgan fingerprint density at radius 3 is 2.58 bits per heavy atom. The van der Waals surface area contributed by atoms with E-state index in [-0.39, 0.29) is 23.0 Å². The van der Waals surface area contributed by atoms with Crippen molar-refractivity contribution >= 4 is 23.5 Å². The van der Waals surface area contributed by atoms with Gasteiger partial charge in [-0.05, 0) is 37.1 Å². The number of fused-ring (bicyclic) bond motifs is 1. The zero-order valence-corrected chi connectivity index (χ0v) is 15.3. The molecule has 1 heterocycles. The van der Waals surface area contributed by atoms with Crippen molar-refractivity contribution in [2.45, 2.75) is 31.7 Å². The van der Waals surface area contributed by atoms with Gasteiger partial charge in [-0.3, -0.25) is 9.59 Å². The van der Waals surface area contributed by atoms with Gasteiger partial charge in [-0.15, -0.1) is 0 Å². The minimum absolute atomic E-state index is 0.0593. The molecule has 0 spiro atoms. The van der Waals surface area contributed by atoms with E-state index in [1.165, 1.54) is 17.0 Å². The molecular formula is C20H19ClFNO3. The van der Waals surface area contributed by atoms with Gasteiger partial charge in [-0.1, -0.05) is 41.9 Å². The Kier molecular flexibility index (Phi) is 4.76. The Labute approximate surface area is 156 Å². The molecule has 1 unspecified atom stereocenters. The monoisotopic (exact) mass is 375 g/mol. The molecule has 1 aliphatic heterocycles. The van der Waals surface area contributed by atoms with Crippen LogP contribution in [0.4, 0.5) is 4.39 Å². The number of carboxylic acid groups (broad SMARTS) is 1. The molecule has 136 valence electrons. The maximum absolute atomic E-state index is 14.4. The average molecular weight is 376 g/mol. The van der Waals surface area contributed by atoms with Crippen LogP contribution in [0.2, 0.25) is 5.02 Å². The first-order valence-electron chi connectivity index (χ1n) is 8.27. The number of benzene rings is 2. The highest BCUT2D eigenvalue weighted by Crippen LogP contribution is 2.34. The van der Waals surface area contributed by atoms with Crippen molar-refractivity contribution < 1.29 is 19.1 Å². The van der Waals surface area contributed by atoms with Crippen LogP contribution in [-0.2, 0) is 21.5 Å². The van der Waals surface area contributed by atoms with Crippen molar-refractivity contribution in [1.82, 2.24) is 4.90 Å². The van der Waals surface area contributed by atoms with Crippen molar-refractivity contribution in [3.63, 3.8) is 0 Å². The molecule has 26 heavy (non-hydrogen) atoms. The summed E-state index contributed by atoms with van der Waals surface area (Å²) in [7, 11) is 0. The van der Waals surface area contributed by atoms with Gasteiger partial charge in [0.1, 0.15) is 5.82 Å². The molecule has 0 saturated heterocycles. The summed E-state index contributed by atoms with van der Waals surface area (Å²) in [5.41, 5.74) is 0.605. The summed E-state index contributed by atoms with van der Waals surface area (Å²) >= 11 is 5.80. The Morgan fingerprint density at radius 1 is 1.23 bits per heavy atom. The van der Waals surface area contributed by atoms with Crippen molar-refractivity contribution in [1.29, 1.82) is 0 Å². The fraction of sp³-hybridized carbons (Fsp3) is 0.300. The number of carbonyl (C=O) groups excluding carboxylic acids is 1. The standard InChI is InChI=1S/C20H19ClFNO3/c1-20(2,16-8-7-13(21)9-17(16)22)19(26)23-10-12-5-3-4-6-14(12)15(11-23)18(24)25/h3-9,15H,10-11H2,1-2H3,(H,24,25). The molecule has 3 rings (SSSR count). The summed E-state index contributed by atoms with van der Waals surface area (Å²) in [5.74, 6) is -2.65. The molecule has 0 fully saturated rings. The molecule has 1 aliphatic rings. The van der Waals surface area contributed by atoms with Crippen LogP contribution >= 0.6 is 11.6 Å². The minimum Gasteiger partial charge on any atom is -0.481 e. The minimum atomic E-state index is -1.15. The summed E-state index contributed by atoms with van der Waals surface area (Å²) in [6, 6.07) is 11.4. The fourth-order valence-electron chi connectivity index (χ4n) is 3.48. The molecule has 4 nitrogen and oxygen atoms in total. The Balaban J connectivity index is 1.96. The topological polar surface area (TPSA) is 57.6 Å². The third kappa shape index (κ3) is 3.19. The number of halogens is 2. The first-order chi connectivity index (χ1) is 12.2. The number of nitrogens with zero attached hydrogens (tertiary/aromatic N) is 1. The van der Waals surface area contributed by atoms with Crippen LogP contribution in [-0.4, -0.2) is 28.4 Å². The van der Waals surface area contributed by atoms with Crippen molar-refractivity contribution in [2.24, 2.45) is 0 Å². The SMILES string of the molecule is CC(C)(C(=O)N1Cc2ccccc2C(C(=O)O)C1)c1ccc(Cl)cc1F. The van der Waals surface area contributed by atoms with Crippen LogP contribution in [0.25, 0.3) is 0 Å². The molecule has 0 aromatic heterocycles. The Hall–Kier alpha value is -2.40. The smallest absolute Gasteiger partial charge is 0.312 e. The lowest BCUT2D eigenvalue weighted by atomic mass is 9.81. The lowest BCUT2D eigenvalue weighted by Crippen LogP contribution is -2.48. The van der Waals surface area contributed by atoms with Crippen molar-refractivity contribution in [3.8, 4) is 0 Å². The average Bonchev–Trinajstić information content (AvgIpc) is 2.59. The summed E-state index contributed by atoms with van der Waals surface area (Å²) in [4.78, 5) is 26.3. The molecule has 2 aromatic rings. The third-order valence-electron chi connectivity index (χ3n) is 4.92. The van der Waals surface area contributed by atoms with Gasteiger partial charge in [0, 0.05) is 23.7 Å². The van der Waals surface area contributed by atoms with E-state index in [2.05, 4.69) is 0 Å². The van der Waals surface area contributed by atoms with Gasteiger partial charge in [-0.25, -0.2) is 4.39 Å². The van der Waals surface area contributed by atoms with Crippen LogP contribution < -0.4 is 0 Å². The van der Waals surface area contributed by atoms with Gasteiger partial charge in [0.2, 0.25) is 5.91 Å². The molecule has 0 aliphatic carbocycles. The predicted octanol–water partition coefficient (Wildman–Crippen LogP) is 3.97. The lowest BCUT2D eigenvalue weighted by molar-refractivity contribution is -0.143. The predicted molar refractivity (Wildman–Crippen MR) is 96.7 cm³/mol. The maximum atomic E-state index is 14.4. The van der Waals surface area contributed by atoms with E-state index in [1.54, 1.807) is 32.0 Å². The number of rotatable bonds is 3. The Morgan fingerprint density at radius 2 is 1.92 bits per heavy atom. The molecule has 1 N–H and O–H groups in total. The highest BCUT2D eigenvalue weighted by atomic mass is 35.5. The van der Waals surface area contributed by atoms with Gasteiger partial charge >= 0.3 is 5.97 Å². The van der Waals surface area contributed by atoms with Crippen LogP contribution in [0.1, 0.15) is 36.5 Å². The van der Waals surface area contributed by atoms with Crippen LogP contribution in [0.3, 0.4) is 0 Å². The van der Waals surface area contributed by atoms with Crippen molar-refractivity contribution in [2.75, 3.05) is 6.54 Å². The second-order valence-corrected chi connectivity index (χ2v) is 7.46. The molecule has 0 bridgehead atoms. The van der Waals surface area contributed by atoms with Gasteiger partial charge in [0.05, 0.1) is 11.3 Å². The largest absolute Gasteiger partial charge is 0.481 e. The number of hydrogen-bond donors (Lipinski definition) is 1. The van der Waals surface area contributed by atoms with Gasteiger partial charge in [0.15, 0.2) is 0 Å². The first-order valence-corrected chi connectivity index (χ1v) is 8.65. The van der Waals surface area contributed by atoms with E-state index in [4.69, 9.17) is 11.6 Å². The first kappa shape index (κ1) is 18.4. The molecule has 1 amide bonds. The van der Waals surface area contributed by atoms with Gasteiger partial charge in [0.25, 0.3) is 0 Å². The van der Waals surface area contributed by atoms with E-state index in [0.29, 0.717) is 6.54 Å². The van der Waals surface area contributed by atoms with E-state index in [0.717, 1.165) is 11.1 Å². The maximum Gasteiger partial charge on any atom is 0.312 e. The number of hydrogen-bond acceptors (Lipinski definition) is 2. The third-order valence-corrected chi connectivity index (χ3v) is 5.15. The molecular weight excluding hydrogens is 357 g/mol. The van der Waals surface area contributed by atoms with E-state index in [1.807, 2.05) is 12.1 Å². The highest BCUT2D eigenvalue weighted by Gasteiger charge is 2.40. The highest BCUT2D eigenvalue weighted by molar-refractivity contribution is 6.30. The van der Waals surface area contributed by atoms with Crippen LogP contribution in [0.5, 0.6) is 0 Å². The van der Waals surface area contributed by atoms with E-state index >= 15 is 0 Å². The Bertz CT molecular complexity index is 881. The molecule has 6 heteroatoms.